The number of aromatic amines is 1. The largest absolute Gasteiger partial charge is 0.381 e. The van der Waals surface area contributed by atoms with Crippen molar-refractivity contribution in [1.29, 1.82) is 0 Å². The van der Waals surface area contributed by atoms with Crippen LogP contribution in [0.1, 0.15) is 101 Å². The minimum absolute atomic E-state index is 0.0932. The summed E-state index contributed by atoms with van der Waals surface area (Å²) in [4.78, 5) is 35.0. The SMILES string of the molecule is CCN(c1cc(/C=C/c2ccc(CN3C[C@@H](C)O[C@@H](C)C3)cc2)cc(C(=O)NCc2c(C)c3c([nH]c2=O)CCCC3)c1C)C1CCOCC1. The van der Waals surface area contributed by atoms with E-state index in [0.29, 0.717) is 17.2 Å². The molecular weight excluding hydrogens is 612 g/mol. The highest BCUT2D eigenvalue weighted by Crippen LogP contribution is 2.31. The van der Waals surface area contributed by atoms with Crippen molar-refractivity contribution in [1.82, 2.24) is 15.2 Å². The van der Waals surface area contributed by atoms with E-state index in [1.54, 1.807) is 0 Å². The first-order valence-electron chi connectivity index (χ1n) is 18.4. The molecule has 1 aromatic heterocycles. The van der Waals surface area contributed by atoms with Gasteiger partial charge in [-0.15, -0.1) is 0 Å². The number of carbonyl (C=O) groups is 1. The molecule has 6 rings (SSSR count). The number of nitrogens with one attached hydrogen (secondary N) is 2. The summed E-state index contributed by atoms with van der Waals surface area (Å²) in [6, 6.07) is 13.3. The molecule has 2 aromatic carbocycles. The molecule has 8 heteroatoms. The summed E-state index contributed by atoms with van der Waals surface area (Å²) < 4.78 is 11.6. The Balaban J connectivity index is 1.25. The second-order valence-corrected chi connectivity index (χ2v) is 14.3. The van der Waals surface area contributed by atoms with Crippen molar-refractivity contribution in [2.75, 3.05) is 37.7 Å². The fraction of sp³-hybridized carbons (Fsp3) is 0.512. The lowest BCUT2D eigenvalue weighted by Gasteiger charge is -2.36. The second kappa shape index (κ2) is 15.9. The Morgan fingerprint density at radius 1 is 0.980 bits per heavy atom. The molecule has 3 aromatic rings. The van der Waals surface area contributed by atoms with Crippen LogP contribution in [-0.4, -0.2) is 66.9 Å². The summed E-state index contributed by atoms with van der Waals surface area (Å²) >= 11 is 0. The van der Waals surface area contributed by atoms with E-state index in [4.69, 9.17) is 9.47 Å². The zero-order chi connectivity index (χ0) is 34.5. The monoisotopic (exact) mass is 666 g/mol. The van der Waals surface area contributed by atoms with Gasteiger partial charge in [-0.05, 0) is 119 Å². The predicted octanol–water partition coefficient (Wildman–Crippen LogP) is 6.59. The lowest BCUT2D eigenvalue weighted by atomic mass is 9.90. The molecule has 2 saturated heterocycles. The summed E-state index contributed by atoms with van der Waals surface area (Å²) in [7, 11) is 0. The van der Waals surface area contributed by atoms with E-state index in [9.17, 15) is 9.59 Å². The molecule has 262 valence electrons. The van der Waals surface area contributed by atoms with Crippen molar-refractivity contribution in [2.45, 2.75) is 104 Å². The van der Waals surface area contributed by atoms with Crippen LogP contribution in [0.15, 0.2) is 41.2 Å². The Labute approximate surface area is 291 Å². The maximum atomic E-state index is 14.0. The van der Waals surface area contributed by atoms with Crippen LogP contribution in [-0.2, 0) is 35.4 Å². The van der Waals surface area contributed by atoms with Crippen molar-refractivity contribution >= 4 is 23.7 Å². The molecule has 0 unspecified atom stereocenters. The van der Waals surface area contributed by atoms with Crippen molar-refractivity contribution in [3.05, 3.63) is 97.0 Å². The van der Waals surface area contributed by atoms with Gasteiger partial charge in [-0.25, -0.2) is 0 Å². The molecule has 2 fully saturated rings. The predicted molar refractivity (Wildman–Crippen MR) is 198 cm³/mol. The van der Waals surface area contributed by atoms with Crippen LogP contribution in [0.5, 0.6) is 0 Å². The minimum atomic E-state index is -0.162. The van der Waals surface area contributed by atoms with Gasteiger partial charge >= 0.3 is 0 Å². The van der Waals surface area contributed by atoms with Crippen molar-refractivity contribution in [3.8, 4) is 0 Å². The van der Waals surface area contributed by atoms with E-state index < -0.39 is 0 Å². The quantitative estimate of drug-likeness (QED) is 0.238. The molecule has 2 atom stereocenters. The Bertz CT molecular complexity index is 1700. The molecule has 8 nitrogen and oxygen atoms in total. The highest BCUT2D eigenvalue weighted by Gasteiger charge is 2.25. The molecular formula is C41H54N4O4. The Morgan fingerprint density at radius 2 is 1.67 bits per heavy atom. The van der Waals surface area contributed by atoms with Gasteiger partial charge in [0.15, 0.2) is 0 Å². The van der Waals surface area contributed by atoms with Crippen LogP contribution in [0.3, 0.4) is 0 Å². The molecule has 3 aliphatic rings. The van der Waals surface area contributed by atoms with Crippen molar-refractivity contribution in [2.24, 2.45) is 0 Å². The number of benzene rings is 2. The van der Waals surface area contributed by atoms with E-state index in [1.807, 2.05) is 19.9 Å². The normalized spacial score (nSPS) is 20.3. The molecule has 0 radical (unpaired) electrons. The van der Waals surface area contributed by atoms with E-state index in [-0.39, 0.29) is 30.2 Å². The summed E-state index contributed by atoms with van der Waals surface area (Å²) in [6.45, 7) is 15.9. The number of aromatic nitrogens is 1. The zero-order valence-corrected chi connectivity index (χ0v) is 30.1. The highest BCUT2D eigenvalue weighted by atomic mass is 16.5. The summed E-state index contributed by atoms with van der Waals surface area (Å²) in [5, 5.41) is 3.12. The highest BCUT2D eigenvalue weighted by molar-refractivity contribution is 5.98. The van der Waals surface area contributed by atoms with Crippen LogP contribution < -0.4 is 15.8 Å². The first-order chi connectivity index (χ1) is 23.7. The van der Waals surface area contributed by atoms with Gasteiger partial charge in [-0.3, -0.25) is 14.5 Å². The summed E-state index contributed by atoms with van der Waals surface area (Å²) in [6.07, 6.45) is 10.8. The van der Waals surface area contributed by atoms with Gasteiger partial charge in [0.1, 0.15) is 0 Å². The maximum Gasteiger partial charge on any atom is 0.253 e. The fourth-order valence-corrected chi connectivity index (χ4v) is 8.07. The van der Waals surface area contributed by atoms with Gasteiger partial charge in [0.05, 0.1) is 12.2 Å². The number of fused-ring (bicyclic) bond motifs is 1. The van der Waals surface area contributed by atoms with Crippen LogP contribution in [0.4, 0.5) is 5.69 Å². The Morgan fingerprint density at radius 3 is 2.39 bits per heavy atom. The molecule has 1 amide bonds. The number of ether oxygens (including phenoxy) is 2. The number of pyridine rings is 1. The van der Waals surface area contributed by atoms with Gasteiger partial charge in [-0.2, -0.15) is 0 Å². The third-order valence-electron chi connectivity index (χ3n) is 10.6. The smallest absolute Gasteiger partial charge is 0.253 e. The number of hydrogen-bond donors (Lipinski definition) is 2. The average Bonchev–Trinajstić information content (AvgIpc) is 3.09. The van der Waals surface area contributed by atoms with Gasteiger partial charge < -0.3 is 24.7 Å². The Hall–Kier alpha value is -3.72. The van der Waals surface area contributed by atoms with Crippen LogP contribution >= 0.6 is 0 Å². The molecule has 2 aliphatic heterocycles. The number of morpholine rings is 1. The standard InChI is InChI=1S/C41H54N4O4/c1-6-45(34-17-19-48-20-18-34)39-22-33(16-13-31-11-14-32(15-12-31)26-44-24-27(2)49-28(3)25-44)21-36(30(39)5)40(46)42-23-37-29(4)35-9-7-8-10-38(35)43-41(37)47/h11-16,21-22,27-28,34H,6-10,17-20,23-26H2,1-5H3,(H,42,46)(H,43,47)/b16-13+/t27-,28+. The number of carbonyl (C=O) groups excluding carboxylic acids is 1. The van der Waals surface area contributed by atoms with Gasteiger partial charge in [0.25, 0.3) is 11.5 Å². The topological polar surface area (TPSA) is 86.9 Å². The lowest BCUT2D eigenvalue weighted by Crippen LogP contribution is -2.44. The molecule has 0 spiro atoms. The number of rotatable bonds is 10. The van der Waals surface area contributed by atoms with Crippen molar-refractivity contribution in [3.63, 3.8) is 0 Å². The van der Waals surface area contributed by atoms with Gasteiger partial charge in [0.2, 0.25) is 0 Å². The summed E-state index contributed by atoms with van der Waals surface area (Å²) in [5.74, 6) is -0.162. The molecule has 3 heterocycles. The van der Waals surface area contributed by atoms with E-state index in [0.717, 1.165) is 112 Å². The molecule has 49 heavy (non-hydrogen) atoms. The lowest BCUT2D eigenvalue weighted by molar-refractivity contribution is -0.0704. The third-order valence-corrected chi connectivity index (χ3v) is 10.6. The summed E-state index contributed by atoms with van der Waals surface area (Å²) in [5.41, 5.74) is 9.93. The van der Waals surface area contributed by atoms with E-state index >= 15 is 0 Å². The zero-order valence-electron chi connectivity index (χ0n) is 30.1. The maximum absolute atomic E-state index is 14.0. The molecule has 2 N–H and O–H groups in total. The van der Waals surface area contributed by atoms with Crippen LogP contribution in [0.2, 0.25) is 0 Å². The second-order valence-electron chi connectivity index (χ2n) is 14.3. The van der Waals surface area contributed by atoms with Gasteiger partial charge in [-0.1, -0.05) is 36.4 Å². The third kappa shape index (κ3) is 8.36. The van der Waals surface area contributed by atoms with Crippen LogP contribution in [0, 0.1) is 13.8 Å². The number of amides is 1. The number of aryl methyl sites for hydroxylation is 1. The number of hydrogen-bond acceptors (Lipinski definition) is 6. The Kier molecular flexibility index (Phi) is 11.4. The minimum Gasteiger partial charge on any atom is -0.381 e. The van der Waals surface area contributed by atoms with E-state index in [1.165, 1.54) is 11.1 Å². The fourth-order valence-electron chi connectivity index (χ4n) is 8.07. The average molecular weight is 667 g/mol. The number of anilines is 1. The number of H-pyrrole nitrogens is 1. The molecule has 0 bridgehead atoms. The molecule has 1 aliphatic carbocycles. The van der Waals surface area contributed by atoms with Crippen molar-refractivity contribution < 1.29 is 14.3 Å². The van der Waals surface area contributed by atoms with Gasteiger partial charge in [0, 0.05) is 74.5 Å². The van der Waals surface area contributed by atoms with Crippen LogP contribution in [0.25, 0.3) is 12.2 Å². The molecule has 0 saturated carbocycles. The first-order valence-corrected chi connectivity index (χ1v) is 18.4. The number of nitrogens with zero attached hydrogens (tertiary/aromatic N) is 2. The van der Waals surface area contributed by atoms with E-state index in [2.05, 4.69) is 83.4 Å². The first kappa shape index (κ1) is 35.1.